The van der Waals surface area contributed by atoms with Gasteiger partial charge in [-0.1, -0.05) is 13.8 Å². The lowest BCUT2D eigenvalue weighted by atomic mass is 10.2. The van der Waals surface area contributed by atoms with E-state index in [1.165, 1.54) is 5.56 Å². The van der Waals surface area contributed by atoms with Crippen LogP contribution in [0, 0.1) is 13.8 Å². The van der Waals surface area contributed by atoms with Crippen molar-refractivity contribution >= 4 is 5.82 Å². The van der Waals surface area contributed by atoms with Crippen LogP contribution >= 0.6 is 0 Å². The summed E-state index contributed by atoms with van der Waals surface area (Å²) >= 11 is 0. The number of pyridine rings is 1. The summed E-state index contributed by atoms with van der Waals surface area (Å²) in [6, 6.07) is 4.12. The lowest BCUT2D eigenvalue weighted by Gasteiger charge is -2.03. The van der Waals surface area contributed by atoms with E-state index in [4.69, 9.17) is 0 Å². The van der Waals surface area contributed by atoms with Crippen molar-refractivity contribution in [3.05, 3.63) is 23.4 Å². The first-order valence-corrected chi connectivity index (χ1v) is 4.91. The average Bonchev–Trinajstić information content (AvgIpc) is 2.06. The molecule has 2 nitrogen and oxygen atoms in total. The lowest BCUT2D eigenvalue weighted by molar-refractivity contribution is 1.11. The highest BCUT2D eigenvalue weighted by molar-refractivity contribution is 5.38. The van der Waals surface area contributed by atoms with Crippen LogP contribution in [0.5, 0.6) is 0 Å². The van der Waals surface area contributed by atoms with Gasteiger partial charge in [0, 0.05) is 12.2 Å². The van der Waals surface area contributed by atoms with E-state index >= 15 is 0 Å². The van der Waals surface area contributed by atoms with Gasteiger partial charge < -0.3 is 5.32 Å². The maximum Gasteiger partial charge on any atom is 0.126 e. The Labute approximate surface area is 81.4 Å². The molecule has 0 aliphatic rings. The SMILES string of the molecule is CC.CCNc1cc(C)cc(C)n1. The minimum absolute atomic E-state index is 0.926. The summed E-state index contributed by atoms with van der Waals surface area (Å²) in [4.78, 5) is 4.31. The molecule has 13 heavy (non-hydrogen) atoms. The molecule has 0 atom stereocenters. The van der Waals surface area contributed by atoms with Crippen LogP contribution in [0.15, 0.2) is 12.1 Å². The zero-order chi connectivity index (χ0) is 10.3. The number of hydrogen-bond acceptors (Lipinski definition) is 2. The summed E-state index contributed by atoms with van der Waals surface area (Å²) < 4.78 is 0. The number of rotatable bonds is 2. The molecule has 1 heterocycles. The fraction of sp³-hybridized carbons (Fsp3) is 0.545. The van der Waals surface area contributed by atoms with Crippen LogP contribution in [0.3, 0.4) is 0 Å². The van der Waals surface area contributed by atoms with Crippen LogP contribution < -0.4 is 5.32 Å². The molecule has 1 N–H and O–H groups in total. The number of aromatic nitrogens is 1. The van der Waals surface area contributed by atoms with Crippen molar-refractivity contribution in [1.29, 1.82) is 0 Å². The zero-order valence-corrected chi connectivity index (χ0v) is 9.31. The third-order valence-corrected chi connectivity index (χ3v) is 1.46. The highest BCUT2D eigenvalue weighted by atomic mass is 15.0. The molecule has 0 saturated heterocycles. The van der Waals surface area contributed by atoms with Crippen LogP contribution in [0.4, 0.5) is 5.82 Å². The largest absolute Gasteiger partial charge is 0.370 e. The summed E-state index contributed by atoms with van der Waals surface area (Å²) in [5.41, 5.74) is 2.33. The molecule has 74 valence electrons. The van der Waals surface area contributed by atoms with Gasteiger partial charge in [-0.3, -0.25) is 0 Å². The maximum atomic E-state index is 4.31. The quantitative estimate of drug-likeness (QED) is 0.756. The summed E-state index contributed by atoms with van der Waals surface area (Å²) in [7, 11) is 0. The summed E-state index contributed by atoms with van der Waals surface area (Å²) in [6.45, 7) is 11.1. The molecule has 2 heteroatoms. The van der Waals surface area contributed by atoms with Crippen LogP contribution in [-0.4, -0.2) is 11.5 Å². The Bertz CT molecular complexity index is 224. The second-order valence-corrected chi connectivity index (χ2v) is 2.70. The average molecular weight is 180 g/mol. The molecule has 0 spiro atoms. The van der Waals surface area contributed by atoms with Crippen LogP contribution in [0.2, 0.25) is 0 Å². The molecular formula is C11H20N2. The number of anilines is 1. The molecule has 1 rings (SSSR count). The van der Waals surface area contributed by atoms with Crippen molar-refractivity contribution in [3.8, 4) is 0 Å². The van der Waals surface area contributed by atoms with Crippen molar-refractivity contribution in [1.82, 2.24) is 4.98 Å². The summed E-state index contributed by atoms with van der Waals surface area (Å²) in [6.07, 6.45) is 0. The monoisotopic (exact) mass is 180 g/mol. The van der Waals surface area contributed by atoms with E-state index in [1.54, 1.807) is 0 Å². The van der Waals surface area contributed by atoms with Crippen molar-refractivity contribution in [2.24, 2.45) is 0 Å². The van der Waals surface area contributed by atoms with Crippen LogP contribution in [0.25, 0.3) is 0 Å². The molecule has 0 aliphatic carbocycles. The summed E-state index contributed by atoms with van der Waals surface area (Å²) in [5.74, 6) is 0.977. The molecule has 0 amide bonds. The molecule has 0 fully saturated rings. The Hall–Kier alpha value is -1.05. The standard InChI is InChI=1S/C9H14N2.C2H6/c1-4-10-9-6-7(2)5-8(3)11-9;1-2/h5-6H,4H2,1-3H3,(H,10,11);1-2H3. The predicted octanol–water partition coefficient (Wildman–Crippen LogP) is 3.16. The second-order valence-electron chi connectivity index (χ2n) is 2.70. The normalized spacial score (nSPS) is 8.69. The van der Waals surface area contributed by atoms with Crippen molar-refractivity contribution < 1.29 is 0 Å². The maximum absolute atomic E-state index is 4.31. The van der Waals surface area contributed by atoms with Gasteiger partial charge in [-0.25, -0.2) is 4.98 Å². The van der Waals surface area contributed by atoms with Crippen molar-refractivity contribution in [3.63, 3.8) is 0 Å². The fourth-order valence-corrected chi connectivity index (χ4v) is 1.11. The van der Waals surface area contributed by atoms with Gasteiger partial charge >= 0.3 is 0 Å². The third-order valence-electron chi connectivity index (χ3n) is 1.46. The smallest absolute Gasteiger partial charge is 0.126 e. The first-order valence-electron chi connectivity index (χ1n) is 4.91. The molecule has 1 aromatic rings. The Morgan fingerprint density at radius 1 is 1.23 bits per heavy atom. The number of nitrogens with zero attached hydrogens (tertiary/aromatic N) is 1. The number of nitrogens with one attached hydrogen (secondary N) is 1. The fourth-order valence-electron chi connectivity index (χ4n) is 1.11. The third kappa shape index (κ3) is 4.51. The Morgan fingerprint density at radius 2 is 1.85 bits per heavy atom. The second kappa shape index (κ2) is 6.46. The Balaban J connectivity index is 0.000000671. The van der Waals surface area contributed by atoms with Crippen molar-refractivity contribution in [2.45, 2.75) is 34.6 Å². The van der Waals surface area contributed by atoms with Gasteiger partial charge in [-0.05, 0) is 38.5 Å². The van der Waals surface area contributed by atoms with Gasteiger partial charge in [0.2, 0.25) is 0 Å². The number of aryl methyl sites for hydroxylation is 2. The van der Waals surface area contributed by atoms with E-state index in [0.29, 0.717) is 0 Å². The molecule has 0 aliphatic heterocycles. The lowest BCUT2D eigenvalue weighted by Crippen LogP contribution is -2.00. The van der Waals surface area contributed by atoms with E-state index in [9.17, 15) is 0 Å². The van der Waals surface area contributed by atoms with Gasteiger partial charge in [0.25, 0.3) is 0 Å². The zero-order valence-electron chi connectivity index (χ0n) is 9.31. The van der Waals surface area contributed by atoms with E-state index in [-0.39, 0.29) is 0 Å². The summed E-state index contributed by atoms with van der Waals surface area (Å²) in [5, 5.41) is 3.18. The minimum atomic E-state index is 0.926. The molecule has 0 unspecified atom stereocenters. The van der Waals surface area contributed by atoms with E-state index in [1.807, 2.05) is 20.8 Å². The molecular weight excluding hydrogens is 160 g/mol. The Morgan fingerprint density at radius 3 is 2.31 bits per heavy atom. The molecule has 0 radical (unpaired) electrons. The van der Waals surface area contributed by atoms with Gasteiger partial charge in [-0.15, -0.1) is 0 Å². The topological polar surface area (TPSA) is 24.9 Å². The number of hydrogen-bond donors (Lipinski definition) is 1. The highest BCUT2D eigenvalue weighted by Gasteiger charge is 1.93. The van der Waals surface area contributed by atoms with Gasteiger partial charge in [0.1, 0.15) is 5.82 Å². The van der Waals surface area contributed by atoms with E-state index in [0.717, 1.165) is 18.1 Å². The van der Waals surface area contributed by atoms with Gasteiger partial charge in [-0.2, -0.15) is 0 Å². The predicted molar refractivity (Wildman–Crippen MR) is 59.2 cm³/mol. The van der Waals surface area contributed by atoms with E-state index in [2.05, 4.69) is 36.3 Å². The van der Waals surface area contributed by atoms with Gasteiger partial charge in [0.05, 0.1) is 0 Å². The molecule has 1 aromatic heterocycles. The minimum Gasteiger partial charge on any atom is -0.370 e. The van der Waals surface area contributed by atoms with Gasteiger partial charge in [0.15, 0.2) is 0 Å². The van der Waals surface area contributed by atoms with E-state index < -0.39 is 0 Å². The molecule has 0 bridgehead atoms. The van der Waals surface area contributed by atoms with Crippen LogP contribution in [0.1, 0.15) is 32.0 Å². The molecule has 0 aromatic carbocycles. The first kappa shape index (κ1) is 11.9. The molecule has 0 saturated carbocycles. The first-order chi connectivity index (χ1) is 6.22. The Kier molecular flexibility index (Phi) is 5.94. The highest BCUT2D eigenvalue weighted by Crippen LogP contribution is 2.07. The van der Waals surface area contributed by atoms with Crippen LogP contribution in [-0.2, 0) is 0 Å². The van der Waals surface area contributed by atoms with Crippen molar-refractivity contribution in [2.75, 3.05) is 11.9 Å².